The third kappa shape index (κ3) is 4.72. The summed E-state index contributed by atoms with van der Waals surface area (Å²) in [5.74, 6) is 0.927. The molecule has 1 atom stereocenters. The molecule has 1 aromatic heterocycles. The number of benzene rings is 2. The predicted octanol–water partition coefficient (Wildman–Crippen LogP) is 5.08. The molecule has 2 aromatic carbocycles. The van der Waals surface area contributed by atoms with Crippen LogP contribution in [0.15, 0.2) is 65.1 Å². The number of hydrogen-bond donors (Lipinski definition) is 0. The molecule has 3 aromatic rings. The van der Waals surface area contributed by atoms with Crippen LogP contribution in [0.3, 0.4) is 0 Å². The maximum atomic E-state index is 13.2. The van der Waals surface area contributed by atoms with Gasteiger partial charge in [0.05, 0.1) is 18.1 Å². The fourth-order valence-corrected chi connectivity index (χ4v) is 5.71. The summed E-state index contributed by atoms with van der Waals surface area (Å²) in [7, 11) is -3.16. The van der Waals surface area contributed by atoms with E-state index >= 15 is 0 Å². The highest BCUT2D eigenvalue weighted by Crippen LogP contribution is 2.28. The number of carbonyl (C=O) groups is 1. The number of carbonyl (C=O) groups excluding carboxylic acids is 1. The van der Waals surface area contributed by atoms with Crippen LogP contribution in [0.1, 0.15) is 22.5 Å². The Kier molecular flexibility index (Phi) is 5.91. The van der Waals surface area contributed by atoms with Crippen LogP contribution in [-0.4, -0.2) is 36.8 Å². The van der Waals surface area contributed by atoms with Gasteiger partial charge in [-0.05, 0) is 48.9 Å². The molecule has 4 rings (SSSR count). The first kappa shape index (κ1) is 21.0. The van der Waals surface area contributed by atoms with Crippen LogP contribution in [0.4, 0.5) is 0 Å². The standard InChI is InChI=1S/C22H19Cl2NO4S/c23-17-5-1-3-15(11-17)21-8-7-20(29-21)13-25(19-9-10-30(27,28)14-19)22(26)16-4-2-6-18(24)12-16/h1-8,11-12,19H,9-10,13-14H2. The van der Waals surface area contributed by atoms with Crippen molar-refractivity contribution in [3.8, 4) is 11.3 Å². The van der Waals surface area contributed by atoms with Gasteiger partial charge in [-0.25, -0.2) is 8.42 Å². The second kappa shape index (κ2) is 8.46. The minimum atomic E-state index is -3.16. The molecule has 0 radical (unpaired) electrons. The fraction of sp³-hybridized carbons (Fsp3) is 0.227. The molecule has 1 aliphatic heterocycles. The summed E-state index contributed by atoms with van der Waals surface area (Å²) in [6.07, 6.45) is 0.399. The third-order valence-corrected chi connectivity index (χ3v) is 7.30. The van der Waals surface area contributed by atoms with Crippen molar-refractivity contribution >= 4 is 38.9 Å². The van der Waals surface area contributed by atoms with Gasteiger partial charge in [-0.15, -0.1) is 0 Å². The zero-order valence-corrected chi connectivity index (χ0v) is 18.3. The lowest BCUT2D eigenvalue weighted by molar-refractivity contribution is 0.0666. The Bertz CT molecular complexity index is 1190. The predicted molar refractivity (Wildman–Crippen MR) is 118 cm³/mol. The third-order valence-electron chi connectivity index (χ3n) is 5.08. The van der Waals surface area contributed by atoms with E-state index in [4.69, 9.17) is 27.6 Å². The van der Waals surface area contributed by atoms with E-state index in [1.54, 1.807) is 47.4 Å². The average molecular weight is 464 g/mol. The zero-order chi connectivity index (χ0) is 21.3. The van der Waals surface area contributed by atoms with Crippen molar-refractivity contribution in [2.45, 2.75) is 19.0 Å². The molecule has 1 aliphatic rings. The SMILES string of the molecule is O=C(c1cccc(Cl)c1)N(Cc1ccc(-c2cccc(Cl)c2)o1)C1CCS(=O)(=O)C1. The largest absolute Gasteiger partial charge is 0.459 e. The highest BCUT2D eigenvalue weighted by atomic mass is 35.5. The van der Waals surface area contributed by atoms with Crippen LogP contribution >= 0.6 is 23.2 Å². The molecule has 5 nitrogen and oxygen atoms in total. The highest BCUT2D eigenvalue weighted by Gasteiger charge is 2.35. The summed E-state index contributed by atoms with van der Waals surface area (Å²) in [5, 5.41) is 1.04. The Balaban J connectivity index is 1.63. The van der Waals surface area contributed by atoms with Gasteiger partial charge >= 0.3 is 0 Å². The van der Waals surface area contributed by atoms with E-state index < -0.39 is 15.9 Å². The lowest BCUT2D eigenvalue weighted by Gasteiger charge is -2.27. The van der Waals surface area contributed by atoms with Crippen molar-refractivity contribution in [2.24, 2.45) is 0 Å². The van der Waals surface area contributed by atoms with Crippen molar-refractivity contribution in [1.82, 2.24) is 4.90 Å². The van der Waals surface area contributed by atoms with E-state index in [9.17, 15) is 13.2 Å². The lowest BCUT2D eigenvalue weighted by Crippen LogP contribution is -2.40. The van der Waals surface area contributed by atoms with E-state index in [1.807, 2.05) is 18.2 Å². The molecule has 0 saturated carbocycles. The Hall–Kier alpha value is -2.28. The maximum absolute atomic E-state index is 13.2. The molecule has 0 aliphatic carbocycles. The van der Waals surface area contributed by atoms with Crippen molar-refractivity contribution in [3.63, 3.8) is 0 Å². The van der Waals surface area contributed by atoms with E-state index in [0.717, 1.165) is 5.56 Å². The van der Waals surface area contributed by atoms with Crippen LogP contribution in [0.2, 0.25) is 10.0 Å². The van der Waals surface area contributed by atoms with Gasteiger partial charge in [-0.3, -0.25) is 4.79 Å². The van der Waals surface area contributed by atoms with E-state index in [2.05, 4.69) is 0 Å². The van der Waals surface area contributed by atoms with Crippen LogP contribution in [0, 0.1) is 0 Å². The molecule has 1 unspecified atom stereocenters. The average Bonchev–Trinajstić information content (AvgIpc) is 3.32. The van der Waals surface area contributed by atoms with Gasteiger partial charge in [0.15, 0.2) is 9.84 Å². The Labute approximate surface area is 185 Å². The minimum absolute atomic E-state index is 0.0544. The van der Waals surface area contributed by atoms with Crippen molar-refractivity contribution < 1.29 is 17.6 Å². The quantitative estimate of drug-likeness (QED) is 0.528. The lowest BCUT2D eigenvalue weighted by atomic mass is 10.1. The molecule has 1 amide bonds. The Morgan fingerprint density at radius 3 is 2.43 bits per heavy atom. The second-order valence-corrected chi connectivity index (χ2v) is 10.4. The summed E-state index contributed by atoms with van der Waals surface area (Å²) in [6.45, 7) is 0.159. The number of amides is 1. The number of halogens is 2. The first-order valence-electron chi connectivity index (χ1n) is 9.42. The molecule has 30 heavy (non-hydrogen) atoms. The van der Waals surface area contributed by atoms with Gasteiger partial charge in [0.2, 0.25) is 0 Å². The molecule has 2 heterocycles. The maximum Gasteiger partial charge on any atom is 0.254 e. The van der Waals surface area contributed by atoms with Crippen molar-refractivity contribution in [3.05, 3.63) is 82.0 Å². The van der Waals surface area contributed by atoms with Gasteiger partial charge in [-0.2, -0.15) is 0 Å². The van der Waals surface area contributed by atoms with E-state index in [-0.39, 0.29) is 24.0 Å². The summed E-state index contributed by atoms with van der Waals surface area (Å²) < 4.78 is 30.0. The molecule has 0 spiro atoms. The monoisotopic (exact) mass is 463 g/mol. The van der Waals surface area contributed by atoms with Crippen LogP contribution < -0.4 is 0 Å². The normalized spacial score (nSPS) is 17.7. The van der Waals surface area contributed by atoms with E-state index in [0.29, 0.717) is 33.6 Å². The molecule has 0 bridgehead atoms. The molecule has 0 N–H and O–H groups in total. The summed E-state index contributed by atoms with van der Waals surface area (Å²) in [5.41, 5.74) is 1.23. The van der Waals surface area contributed by atoms with E-state index in [1.165, 1.54) is 0 Å². The minimum Gasteiger partial charge on any atom is -0.459 e. The number of hydrogen-bond acceptors (Lipinski definition) is 4. The molecule has 156 valence electrons. The topological polar surface area (TPSA) is 67.6 Å². The molecular formula is C22H19Cl2NO4S. The molecule has 1 saturated heterocycles. The number of rotatable bonds is 5. The van der Waals surface area contributed by atoms with Gasteiger partial charge in [0.1, 0.15) is 11.5 Å². The molecular weight excluding hydrogens is 445 g/mol. The van der Waals surface area contributed by atoms with Crippen LogP contribution in [0.5, 0.6) is 0 Å². The van der Waals surface area contributed by atoms with Gasteiger partial charge < -0.3 is 9.32 Å². The highest BCUT2D eigenvalue weighted by molar-refractivity contribution is 7.91. The summed E-state index contributed by atoms with van der Waals surface area (Å²) in [6, 6.07) is 17.1. The van der Waals surface area contributed by atoms with Gasteiger partial charge in [0, 0.05) is 27.2 Å². The van der Waals surface area contributed by atoms with Gasteiger partial charge in [-0.1, -0.05) is 41.4 Å². The smallest absolute Gasteiger partial charge is 0.254 e. The Morgan fingerprint density at radius 1 is 1.03 bits per heavy atom. The van der Waals surface area contributed by atoms with Gasteiger partial charge in [0.25, 0.3) is 5.91 Å². The molecule has 1 fully saturated rings. The Morgan fingerprint density at radius 2 is 1.77 bits per heavy atom. The van der Waals surface area contributed by atoms with Crippen LogP contribution in [0.25, 0.3) is 11.3 Å². The van der Waals surface area contributed by atoms with Crippen LogP contribution in [-0.2, 0) is 16.4 Å². The first-order valence-corrected chi connectivity index (χ1v) is 12.0. The fourth-order valence-electron chi connectivity index (χ4n) is 3.60. The van der Waals surface area contributed by atoms with Crippen molar-refractivity contribution in [2.75, 3.05) is 11.5 Å². The molecule has 8 heteroatoms. The summed E-state index contributed by atoms with van der Waals surface area (Å²) in [4.78, 5) is 14.8. The number of sulfone groups is 1. The number of furan rings is 1. The zero-order valence-electron chi connectivity index (χ0n) is 15.9. The number of nitrogens with zero attached hydrogens (tertiary/aromatic N) is 1. The summed E-state index contributed by atoms with van der Waals surface area (Å²) >= 11 is 12.1. The first-order chi connectivity index (χ1) is 14.3. The second-order valence-electron chi connectivity index (χ2n) is 7.28. The van der Waals surface area contributed by atoms with Crippen molar-refractivity contribution in [1.29, 1.82) is 0 Å².